The van der Waals surface area contributed by atoms with E-state index in [1.807, 2.05) is 9.80 Å². The molecule has 1 radical (unpaired) electrons. The maximum atomic E-state index is 8.82. The zero-order valence-corrected chi connectivity index (χ0v) is 11.0. The number of hydrogen-bond donors (Lipinski definition) is 4. The zero-order chi connectivity index (χ0) is 12.2. The Bertz CT molecular complexity index is 126. The SMILES string of the molecule is OCCN(CCO)CCN(CCO)CCO.[Cu]. The third-order valence-corrected chi connectivity index (χ3v) is 2.40. The van der Waals surface area contributed by atoms with Gasteiger partial charge >= 0.3 is 0 Å². The first-order valence-electron chi connectivity index (χ1n) is 5.66. The summed E-state index contributed by atoms with van der Waals surface area (Å²) in [6.07, 6.45) is 0. The molecule has 7 heteroatoms. The molecule has 0 saturated carbocycles. The van der Waals surface area contributed by atoms with Crippen LogP contribution in [-0.2, 0) is 17.1 Å². The van der Waals surface area contributed by atoms with Crippen molar-refractivity contribution in [3.63, 3.8) is 0 Å². The van der Waals surface area contributed by atoms with Crippen molar-refractivity contribution in [2.24, 2.45) is 0 Å². The van der Waals surface area contributed by atoms with Crippen molar-refractivity contribution in [2.75, 3.05) is 65.7 Å². The van der Waals surface area contributed by atoms with Gasteiger partial charge in [0.2, 0.25) is 0 Å². The van der Waals surface area contributed by atoms with E-state index in [0.717, 1.165) is 0 Å². The molecule has 0 aliphatic heterocycles. The Labute approximate surface area is 113 Å². The minimum Gasteiger partial charge on any atom is -0.395 e. The maximum Gasteiger partial charge on any atom is 0.0558 e. The van der Waals surface area contributed by atoms with Crippen LogP contribution >= 0.6 is 0 Å². The van der Waals surface area contributed by atoms with Gasteiger partial charge in [-0.2, -0.15) is 0 Å². The Kier molecular flexibility index (Phi) is 16.5. The number of rotatable bonds is 11. The molecule has 0 bridgehead atoms. The smallest absolute Gasteiger partial charge is 0.0558 e. The summed E-state index contributed by atoms with van der Waals surface area (Å²) in [5, 5.41) is 35.3. The van der Waals surface area contributed by atoms with Gasteiger partial charge in [-0.25, -0.2) is 0 Å². The minimum absolute atomic E-state index is 0. The van der Waals surface area contributed by atoms with Crippen LogP contribution in [0.15, 0.2) is 0 Å². The van der Waals surface area contributed by atoms with Crippen LogP contribution in [0.2, 0.25) is 0 Å². The van der Waals surface area contributed by atoms with Crippen molar-refractivity contribution < 1.29 is 37.5 Å². The summed E-state index contributed by atoms with van der Waals surface area (Å²) in [5.41, 5.74) is 0. The predicted molar refractivity (Wildman–Crippen MR) is 61.2 cm³/mol. The Morgan fingerprint density at radius 3 is 0.882 bits per heavy atom. The van der Waals surface area contributed by atoms with Gasteiger partial charge in [0.25, 0.3) is 0 Å². The molecule has 0 atom stereocenters. The molecule has 0 heterocycles. The molecule has 17 heavy (non-hydrogen) atoms. The van der Waals surface area contributed by atoms with Crippen LogP contribution in [0.4, 0.5) is 0 Å². The molecule has 0 fully saturated rings. The van der Waals surface area contributed by atoms with Crippen LogP contribution in [0.5, 0.6) is 0 Å². The van der Waals surface area contributed by atoms with Gasteiger partial charge < -0.3 is 20.4 Å². The van der Waals surface area contributed by atoms with Gasteiger partial charge in [-0.3, -0.25) is 9.80 Å². The van der Waals surface area contributed by atoms with E-state index in [4.69, 9.17) is 20.4 Å². The quantitative estimate of drug-likeness (QED) is 0.317. The molecule has 0 amide bonds. The van der Waals surface area contributed by atoms with Crippen LogP contribution in [0.1, 0.15) is 0 Å². The molecule has 109 valence electrons. The summed E-state index contributed by atoms with van der Waals surface area (Å²) >= 11 is 0. The number of nitrogens with zero attached hydrogens (tertiary/aromatic N) is 2. The van der Waals surface area contributed by atoms with Crippen molar-refractivity contribution >= 4 is 0 Å². The number of aliphatic hydroxyl groups is 4. The monoisotopic (exact) mass is 299 g/mol. The minimum atomic E-state index is 0. The Morgan fingerprint density at radius 1 is 0.471 bits per heavy atom. The second-order valence-corrected chi connectivity index (χ2v) is 3.58. The predicted octanol–water partition coefficient (Wildman–Crippen LogP) is -2.44. The van der Waals surface area contributed by atoms with Crippen LogP contribution in [0.25, 0.3) is 0 Å². The summed E-state index contributed by atoms with van der Waals surface area (Å²) in [6, 6.07) is 0. The third-order valence-electron chi connectivity index (χ3n) is 2.40. The largest absolute Gasteiger partial charge is 0.395 e. The molecule has 0 aliphatic rings. The third kappa shape index (κ3) is 11.1. The van der Waals surface area contributed by atoms with Crippen molar-refractivity contribution in [3.8, 4) is 0 Å². The summed E-state index contributed by atoms with van der Waals surface area (Å²) in [6.45, 7) is 3.83. The molecule has 0 aromatic heterocycles. The molecule has 0 aliphatic carbocycles. The molecule has 0 spiro atoms. The van der Waals surface area contributed by atoms with E-state index in [-0.39, 0.29) is 43.5 Å². The second kappa shape index (κ2) is 14.3. The molecular weight excluding hydrogens is 276 g/mol. The normalized spacial score (nSPS) is 10.9. The summed E-state index contributed by atoms with van der Waals surface area (Å²) in [5.74, 6) is 0. The summed E-state index contributed by atoms with van der Waals surface area (Å²) in [4.78, 5) is 3.89. The van der Waals surface area contributed by atoms with Crippen LogP contribution < -0.4 is 0 Å². The van der Waals surface area contributed by atoms with Crippen molar-refractivity contribution in [3.05, 3.63) is 0 Å². The molecule has 4 N–H and O–H groups in total. The zero-order valence-electron chi connectivity index (χ0n) is 10.1. The fourth-order valence-electron chi connectivity index (χ4n) is 1.52. The number of aliphatic hydroxyl groups excluding tert-OH is 4. The van der Waals surface area contributed by atoms with Crippen molar-refractivity contribution in [1.82, 2.24) is 9.80 Å². The first-order valence-corrected chi connectivity index (χ1v) is 5.66. The van der Waals surface area contributed by atoms with Gasteiger partial charge in [0.05, 0.1) is 26.4 Å². The molecule has 0 saturated heterocycles. The van der Waals surface area contributed by atoms with Gasteiger partial charge in [-0.1, -0.05) is 0 Å². The fraction of sp³-hybridized carbons (Fsp3) is 1.00. The topological polar surface area (TPSA) is 87.4 Å². The Hall–Kier alpha value is 0.279. The van der Waals surface area contributed by atoms with Gasteiger partial charge in [0.1, 0.15) is 0 Å². The van der Waals surface area contributed by atoms with Crippen molar-refractivity contribution in [1.29, 1.82) is 0 Å². The van der Waals surface area contributed by atoms with Crippen LogP contribution in [0.3, 0.4) is 0 Å². The van der Waals surface area contributed by atoms with Gasteiger partial charge in [-0.05, 0) is 0 Å². The van der Waals surface area contributed by atoms with E-state index in [1.54, 1.807) is 0 Å². The summed E-state index contributed by atoms with van der Waals surface area (Å²) < 4.78 is 0. The molecular formula is C10H24CuN2O4. The summed E-state index contributed by atoms with van der Waals surface area (Å²) in [7, 11) is 0. The molecule has 0 aromatic carbocycles. The average Bonchev–Trinajstić information content (AvgIpc) is 2.27. The molecule has 0 unspecified atom stereocenters. The maximum absolute atomic E-state index is 8.82. The van der Waals surface area contributed by atoms with Crippen LogP contribution in [0, 0.1) is 0 Å². The van der Waals surface area contributed by atoms with E-state index >= 15 is 0 Å². The van der Waals surface area contributed by atoms with E-state index in [0.29, 0.717) is 39.3 Å². The van der Waals surface area contributed by atoms with Crippen LogP contribution in [-0.4, -0.2) is 95.9 Å². The molecule has 0 rings (SSSR count). The van der Waals surface area contributed by atoms with Gasteiger partial charge in [0.15, 0.2) is 0 Å². The van der Waals surface area contributed by atoms with E-state index in [2.05, 4.69) is 0 Å². The van der Waals surface area contributed by atoms with Gasteiger partial charge in [-0.15, -0.1) is 0 Å². The standard InChI is InChI=1S/C10H24N2O4.Cu/c13-7-3-11(4-8-14)1-2-12(5-9-15)6-10-16;/h13-16H,1-10H2;. The van der Waals surface area contributed by atoms with E-state index in [1.165, 1.54) is 0 Å². The van der Waals surface area contributed by atoms with E-state index < -0.39 is 0 Å². The Morgan fingerprint density at radius 2 is 0.706 bits per heavy atom. The molecule has 6 nitrogen and oxygen atoms in total. The number of hydrogen-bond acceptors (Lipinski definition) is 6. The first-order chi connectivity index (χ1) is 7.78. The fourth-order valence-corrected chi connectivity index (χ4v) is 1.52. The Balaban J connectivity index is 0. The van der Waals surface area contributed by atoms with Gasteiger partial charge in [0, 0.05) is 56.3 Å². The second-order valence-electron chi connectivity index (χ2n) is 3.58. The molecule has 0 aromatic rings. The average molecular weight is 300 g/mol. The van der Waals surface area contributed by atoms with Crippen molar-refractivity contribution in [2.45, 2.75) is 0 Å². The van der Waals surface area contributed by atoms with E-state index in [9.17, 15) is 0 Å². The first kappa shape index (κ1) is 19.6.